The number of rotatable bonds is 7. The van der Waals surface area contributed by atoms with E-state index in [1.54, 1.807) is 5.56 Å². The van der Waals surface area contributed by atoms with Crippen LogP contribution in [0.15, 0.2) is 48.5 Å². The molecule has 2 heteroatoms. The van der Waals surface area contributed by atoms with Gasteiger partial charge in [-0.25, -0.2) is 6.42 Å². The molecule has 0 amide bonds. The Balaban J connectivity index is 0.00000245. The second kappa shape index (κ2) is 11.8. The van der Waals surface area contributed by atoms with Crippen LogP contribution in [0, 0.1) is 25.2 Å². The Labute approximate surface area is 221 Å². The van der Waals surface area contributed by atoms with Crippen molar-refractivity contribution in [1.29, 1.82) is 0 Å². The third kappa shape index (κ3) is 5.94. The van der Waals surface area contributed by atoms with Gasteiger partial charge in [0.2, 0.25) is 0 Å². The molecule has 1 saturated heterocycles. The fraction of sp³-hybridized carbons (Fsp3) is 0.533. The van der Waals surface area contributed by atoms with Crippen LogP contribution in [0.25, 0.3) is 11.1 Å². The van der Waals surface area contributed by atoms with E-state index in [-0.39, 0.29) is 32.7 Å². The summed E-state index contributed by atoms with van der Waals surface area (Å²) in [7, 11) is 0. The van der Waals surface area contributed by atoms with Crippen molar-refractivity contribution in [1.82, 2.24) is 5.32 Å². The first-order chi connectivity index (χ1) is 15.3. The normalized spacial score (nSPS) is 26.8. The second-order valence-electron chi connectivity index (χ2n) is 10.4. The summed E-state index contributed by atoms with van der Waals surface area (Å²) in [6.45, 7) is 5.66. The molecule has 5 rings (SSSR count). The summed E-state index contributed by atoms with van der Waals surface area (Å²) in [6, 6.07) is 19.4. The van der Waals surface area contributed by atoms with Crippen molar-refractivity contribution >= 4 is 0 Å². The molecule has 1 heterocycles. The fourth-order valence-electron chi connectivity index (χ4n) is 6.38. The van der Waals surface area contributed by atoms with E-state index in [4.69, 9.17) is 0 Å². The first-order valence-electron chi connectivity index (χ1n) is 12.9. The van der Waals surface area contributed by atoms with Crippen molar-refractivity contribution in [3.63, 3.8) is 0 Å². The van der Waals surface area contributed by atoms with Crippen LogP contribution in [0.2, 0.25) is 0 Å². The Morgan fingerprint density at radius 2 is 1.53 bits per heavy atom. The molecule has 3 fully saturated rings. The molecule has 169 valence electrons. The summed E-state index contributed by atoms with van der Waals surface area (Å²) < 4.78 is 0. The average molecular weight is 503 g/mol. The molecule has 0 spiro atoms. The van der Waals surface area contributed by atoms with Gasteiger partial charge in [0, 0.05) is 38.8 Å². The Bertz CT molecular complexity index is 815. The molecule has 0 bridgehead atoms. The third-order valence-corrected chi connectivity index (χ3v) is 8.39. The smallest absolute Gasteiger partial charge is 0.00960 e. The standard InChI is InChI=1S/C30H39N.Y/c1-22(8-9-23-5-2-3-6-23)24-10-12-25(13-11-24)26-14-16-27(17-15-26)28-18-19-29(21-28)30-7-4-20-31-30;/h9-17,22-23,28-31H,1-8,18-21H2;/q-2;/t22?,28?,29?,30-;/m0./s1. The zero-order valence-corrected chi connectivity index (χ0v) is 22.5. The molecule has 1 aliphatic heterocycles. The van der Waals surface area contributed by atoms with Crippen molar-refractivity contribution < 1.29 is 32.7 Å². The van der Waals surface area contributed by atoms with E-state index in [1.165, 1.54) is 81.0 Å². The molecule has 0 aromatic heterocycles. The van der Waals surface area contributed by atoms with Crippen LogP contribution in [-0.2, 0) is 32.7 Å². The molecule has 2 saturated carbocycles. The van der Waals surface area contributed by atoms with Crippen molar-refractivity contribution in [2.45, 2.75) is 82.1 Å². The summed E-state index contributed by atoms with van der Waals surface area (Å²) in [5.41, 5.74) is 5.57. The third-order valence-electron chi connectivity index (χ3n) is 8.39. The van der Waals surface area contributed by atoms with Crippen LogP contribution in [0.5, 0.6) is 0 Å². The van der Waals surface area contributed by atoms with Gasteiger partial charge in [0.1, 0.15) is 0 Å². The molecular formula is C30H39NY-2. The van der Waals surface area contributed by atoms with E-state index in [0.29, 0.717) is 5.92 Å². The first-order valence-corrected chi connectivity index (χ1v) is 12.9. The summed E-state index contributed by atoms with van der Waals surface area (Å²) in [5.74, 6) is 2.86. The summed E-state index contributed by atoms with van der Waals surface area (Å²) in [5, 5.41) is 3.73. The Morgan fingerprint density at radius 1 is 0.844 bits per heavy atom. The van der Waals surface area contributed by atoms with Crippen LogP contribution in [0.3, 0.4) is 0 Å². The first kappa shape index (κ1) is 24.6. The van der Waals surface area contributed by atoms with Gasteiger partial charge in [0.05, 0.1) is 0 Å². The van der Waals surface area contributed by atoms with Crippen LogP contribution in [0.1, 0.15) is 87.2 Å². The molecule has 3 aliphatic rings. The van der Waals surface area contributed by atoms with Crippen LogP contribution in [-0.4, -0.2) is 12.6 Å². The van der Waals surface area contributed by atoms with Gasteiger partial charge in [-0.2, -0.15) is 11.8 Å². The zero-order valence-electron chi connectivity index (χ0n) is 19.6. The number of hydrogen-bond donors (Lipinski definition) is 1. The fourth-order valence-corrected chi connectivity index (χ4v) is 6.38. The molecule has 2 aromatic carbocycles. The van der Waals surface area contributed by atoms with Crippen LogP contribution >= 0.6 is 0 Å². The van der Waals surface area contributed by atoms with Gasteiger partial charge in [-0.1, -0.05) is 79.8 Å². The summed E-state index contributed by atoms with van der Waals surface area (Å²) in [4.78, 5) is 0. The quantitative estimate of drug-likeness (QED) is 0.383. The van der Waals surface area contributed by atoms with Gasteiger partial charge >= 0.3 is 0 Å². The van der Waals surface area contributed by atoms with E-state index < -0.39 is 0 Å². The molecular weight excluding hydrogens is 463 g/mol. The van der Waals surface area contributed by atoms with Gasteiger partial charge in [-0.3, -0.25) is 0 Å². The minimum absolute atomic E-state index is 0. The Morgan fingerprint density at radius 3 is 2.19 bits per heavy atom. The summed E-state index contributed by atoms with van der Waals surface area (Å²) >= 11 is 0. The molecule has 4 atom stereocenters. The van der Waals surface area contributed by atoms with E-state index >= 15 is 0 Å². The van der Waals surface area contributed by atoms with Gasteiger partial charge in [0.15, 0.2) is 0 Å². The van der Waals surface area contributed by atoms with Gasteiger partial charge in [-0.15, -0.1) is 0 Å². The maximum Gasteiger partial charge on any atom is 0.00960 e. The van der Waals surface area contributed by atoms with Crippen molar-refractivity contribution in [2.75, 3.05) is 6.54 Å². The van der Waals surface area contributed by atoms with E-state index in [9.17, 15) is 0 Å². The topological polar surface area (TPSA) is 12.0 Å². The predicted octanol–water partition coefficient (Wildman–Crippen LogP) is 7.69. The zero-order chi connectivity index (χ0) is 21.0. The molecule has 1 radical (unpaired) electrons. The number of benzene rings is 2. The van der Waals surface area contributed by atoms with Crippen LogP contribution in [0.4, 0.5) is 0 Å². The monoisotopic (exact) mass is 502 g/mol. The second-order valence-corrected chi connectivity index (χ2v) is 10.4. The number of nitrogens with one attached hydrogen (secondary N) is 1. The van der Waals surface area contributed by atoms with E-state index in [0.717, 1.165) is 30.2 Å². The summed E-state index contributed by atoms with van der Waals surface area (Å²) in [6.07, 6.45) is 16.1. The largest absolute Gasteiger partial charge is 0.338 e. The van der Waals surface area contributed by atoms with E-state index in [1.807, 2.05) is 0 Å². The maximum atomic E-state index is 4.43. The maximum absolute atomic E-state index is 4.43. The Hall–Kier alpha value is -0.496. The molecule has 2 aromatic rings. The van der Waals surface area contributed by atoms with Gasteiger partial charge in [0.25, 0.3) is 0 Å². The van der Waals surface area contributed by atoms with E-state index in [2.05, 4.69) is 67.2 Å². The minimum atomic E-state index is 0. The van der Waals surface area contributed by atoms with Crippen molar-refractivity contribution in [3.8, 4) is 11.1 Å². The minimum Gasteiger partial charge on any atom is -0.338 e. The SMILES string of the molecule is [CH2-]C(C[CH-]C1CCCC1)c1ccc(-c2ccc(C3CCC([C@@H]4CCCN4)C3)cc2)cc1.[Y]. The van der Waals surface area contributed by atoms with Gasteiger partial charge in [-0.05, 0) is 67.2 Å². The molecule has 2 aliphatic carbocycles. The van der Waals surface area contributed by atoms with Crippen molar-refractivity contribution in [3.05, 3.63) is 73.0 Å². The molecule has 32 heavy (non-hydrogen) atoms. The predicted molar refractivity (Wildman–Crippen MR) is 132 cm³/mol. The number of hydrogen-bond acceptors (Lipinski definition) is 1. The average Bonchev–Trinajstić information content (AvgIpc) is 3.60. The van der Waals surface area contributed by atoms with Crippen molar-refractivity contribution in [2.24, 2.45) is 11.8 Å². The van der Waals surface area contributed by atoms with Gasteiger partial charge < -0.3 is 18.7 Å². The Kier molecular flexibility index (Phi) is 9.05. The molecule has 1 nitrogen and oxygen atoms in total. The molecule has 1 N–H and O–H groups in total. The molecule has 3 unspecified atom stereocenters. The van der Waals surface area contributed by atoms with Crippen LogP contribution < -0.4 is 5.32 Å².